The van der Waals surface area contributed by atoms with Crippen molar-refractivity contribution >= 4 is 22.7 Å². The Morgan fingerprint density at radius 2 is 0.885 bits per heavy atom. The number of benzene rings is 2. The molecule has 2 heterocycles. The van der Waals surface area contributed by atoms with Crippen molar-refractivity contribution in [3.63, 3.8) is 0 Å². The summed E-state index contributed by atoms with van der Waals surface area (Å²) in [5.74, 6) is 0. The number of hydrogen-bond acceptors (Lipinski definition) is 6. The molecule has 4 rings (SSSR count). The van der Waals surface area contributed by atoms with Gasteiger partial charge in [-0.15, -0.1) is 0 Å². The Morgan fingerprint density at radius 3 is 1.23 bits per heavy atom. The standard InChI is InChI=1S/C20H26N6/c1-5-19(25-13-9-21-10-14-25)6-2-17(1)23-24-18-3-7-20(8-4-18)26-15-11-22-12-16-26/h1-8,21-22H,9-16H2. The van der Waals surface area contributed by atoms with Crippen LogP contribution in [-0.2, 0) is 0 Å². The molecule has 2 aromatic carbocycles. The van der Waals surface area contributed by atoms with Crippen LogP contribution in [0.2, 0.25) is 0 Å². The van der Waals surface area contributed by atoms with Gasteiger partial charge in [-0.3, -0.25) is 0 Å². The second-order valence-electron chi connectivity index (χ2n) is 6.71. The highest BCUT2D eigenvalue weighted by Crippen LogP contribution is 2.24. The predicted octanol–water partition coefficient (Wildman–Crippen LogP) is 2.92. The molecule has 0 aromatic heterocycles. The number of anilines is 2. The molecule has 0 aliphatic carbocycles. The van der Waals surface area contributed by atoms with Crippen molar-refractivity contribution < 1.29 is 0 Å². The highest BCUT2D eigenvalue weighted by molar-refractivity contribution is 5.55. The average Bonchev–Trinajstić information content (AvgIpc) is 2.74. The number of rotatable bonds is 4. The minimum absolute atomic E-state index is 0.884. The number of nitrogens with zero attached hydrogens (tertiary/aromatic N) is 4. The molecule has 2 N–H and O–H groups in total. The van der Waals surface area contributed by atoms with Gasteiger partial charge in [0.1, 0.15) is 0 Å². The highest BCUT2D eigenvalue weighted by Gasteiger charge is 2.10. The van der Waals surface area contributed by atoms with Crippen molar-refractivity contribution in [1.29, 1.82) is 0 Å². The SMILES string of the molecule is c1cc(N2CCNCC2)ccc1N=Nc1ccc(N2CCNCC2)cc1. The summed E-state index contributed by atoms with van der Waals surface area (Å²) in [5, 5.41) is 15.5. The molecular formula is C20H26N6. The fourth-order valence-electron chi connectivity index (χ4n) is 3.42. The smallest absolute Gasteiger partial charge is 0.0858 e. The molecule has 0 amide bonds. The van der Waals surface area contributed by atoms with Crippen LogP contribution in [0.4, 0.5) is 22.7 Å². The van der Waals surface area contributed by atoms with Gasteiger partial charge in [-0.25, -0.2) is 0 Å². The highest BCUT2D eigenvalue weighted by atomic mass is 15.2. The van der Waals surface area contributed by atoms with Gasteiger partial charge in [0.25, 0.3) is 0 Å². The Morgan fingerprint density at radius 1 is 0.538 bits per heavy atom. The zero-order valence-corrected chi connectivity index (χ0v) is 15.1. The maximum Gasteiger partial charge on any atom is 0.0858 e. The lowest BCUT2D eigenvalue weighted by molar-refractivity contribution is 0.589. The van der Waals surface area contributed by atoms with Gasteiger partial charge in [0.05, 0.1) is 11.4 Å². The average molecular weight is 350 g/mol. The van der Waals surface area contributed by atoms with Crippen LogP contribution in [0.5, 0.6) is 0 Å². The van der Waals surface area contributed by atoms with Crippen LogP contribution in [0, 0.1) is 0 Å². The Labute approximate surface area is 154 Å². The third-order valence-corrected chi connectivity index (χ3v) is 4.94. The maximum absolute atomic E-state index is 4.38. The van der Waals surface area contributed by atoms with E-state index in [2.05, 4.69) is 54.9 Å². The van der Waals surface area contributed by atoms with E-state index in [1.165, 1.54) is 11.4 Å². The molecule has 0 unspecified atom stereocenters. The van der Waals surface area contributed by atoms with Crippen molar-refractivity contribution in [3.05, 3.63) is 48.5 Å². The van der Waals surface area contributed by atoms with Crippen LogP contribution in [0.3, 0.4) is 0 Å². The fraction of sp³-hybridized carbons (Fsp3) is 0.400. The van der Waals surface area contributed by atoms with E-state index in [1.807, 2.05) is 24.3 Å². The summed E-state index contributed by atoms with van der Waals surface area (Å²) in [7, 11) is 0. The molecule has 136 valence electrons. The molecule has 0 atom stereocenters. The van der Waals surface area contributed by atoms with E-state index in [9.17, 15) is 0 Å². The largest absolute Gasteiger partial charge is 0.369 e. The molecule has 0 spiro atoms. The Bertz CT molecular complexity index is 649. The van der Waals surface area contributed by atoms with Crippen LogP contribution in [0.25, 0.3) is 0 Å². The van der Waals surface area contributed by atoms with E-state index in [1.54, 1.807) is 0 Å². The molecular weight excluding hydrogens is 324 g/mol. The zero-order valence-electron chi connectivity index (χ0n) is 15.1. The van der Waals surface area contributed by atoms with Crippen LogP contribution >= 0.6 is 0 Å². The van der Waals surface area contributed by atoms with E-state index >= 15 is 0 Å². The van der Waals surface area contributed by atoms with Crippen LogP contribution in [0.1, 0.15) is 0 Å². The summed E-state index contributed by atoms with van der Waals surface area (Å²) >= 11 is 0. The van der Waals surface area contributed by atoms with Gasteiger partial charge in [-0.1, -0.05) is 0 Å². The van der Waals surface area contributed by atoms with Gasteiger partial charge in [0.15, 0.2) is 0 Å². The third-order valence-electron chi connectivity index (χ3n) is 4.94. The van der Waals surface area contributed by atoms with Crippen molar-refractivity contribution in [1.82, 2.24) is 10.6 Å². The first kappa shape index (κ1) is 17.0. The van der Waals surface area contributed by atoms with E-state index in [4.69, 9.17) is 0 Å². The van der Waals surface area contributed by atoms with E-state index in [0.717, 1.165) is 63.7 Å². The molecule has 0 radical (unpaired) electrons. The number of hydrogen-bond donors (Lipinski definition) is 2. The summed E-state index contributed by atoms with van der Waals surface area (Å²) in [6, 6.07) is 16.7. The Balaban J connectivity index is 1.37. The third kappa shape index (κ3) is 4.20. The molecule has 2 aromatic rings. The lowest BCUT2D eigenvalue weighted by Gasteiger charge is -2.29. The van der Waals surface area contributed by atoms with Gasteiger partial charge in [-0.05, 0) is 48.5 Å². The summed E-state index contributed by atoms with van der Waals surface area (Å²) in [6.07, 6.45) is 0. The minimum atomic E-state index is 0.884. The summed E-state index contributed by atoms with van der Waals surface area (Å²) in [4.78, 5) is 4.79. The van der Waals surface area contributed by atoms with E-state index in [-0.39, 0.29) is 0 Å². The lowest BCUT2D eigenvalue weighted by atomic mass is 10.2. The topological polar surface area (TPSA) is 55.3 Å². The van der Waals surface area contributed by atoms with Crippen LogP contribution in [0.15, 0.2) is 58.8 Å². The first-order chi connectivity index (χ1) is 12.9. The van der Waals surface area contributed by atoms with Crippen LogP contribution < -0.4 is 20.4 Å². The summed E-state index contributed by atoms with van der Waals surface area (Å²) in [5.41, 5.74) is 4.28. The normalized spacial score (nSPS) is 18.5. The molecule has 0 bridgehead atoms. The van der Waals surface area contributed by atoms with Gasteiger partial charge in [0.2, 0.25) is 0 Å². The molecule has 6 nitrogen and oxygen atoms in total. The van der Waals surface area contributed by atoms with Crippen LogP contribution in [-0.4, -0.2) is 52.4 Å². The second-order valence-corrected chi connectivity index (χ2v) is 6.71. The van der Waals surface area contributed by atoms with Gasteiger partial charge < -0.3 is 20.4 Å². The monoisotopic (exact) mass is 350 g/mol. The molecule has 26 heavy (non-hydrogen) atoms. The molecule has 6 heteroatoms. The molecule has 2 saturated heterocycles. The number of nitrogens with one attached hydrogen (secondary N) is 2. The predicted molar refractivity (Wildman–Crippen MR) is 107 cm³/mol. The van der Waals surface area contributed by atoms with Gasteiger partial charge in [-0.2, -0.15) is 10.2 Å². The number of azo groups is 1. The van der Waals surface area contributed by atoms with Crippen molar-refractivity contribution in [2.75, 3.05) is 62.2 Å². The molecule has 2 fully saturated rings. The van der Waals surface area contributed by atoms with Crippen molar-refractivity contribution in [3.8, 4) is 0 Å². The lowest BCUT2D eigenvalue weighted by Crippen LogP contribution is -2.43. The van der Waals surface area contributed by atoms with E-state index in [0.29, 0.717) is 0 Å². The summed E-state index contributed by atoms with van der Waals surface area (Å²) in [6.45, 7) is 8.41. The second kappa shape index (κ2) is 8.29. The van der Waals surface area contributed by atoms with Crippen molar-refractivity contribution in [2.24, 2.45) is 10.2 Å². The molecule has 2 aliphatic rings. The van der Waals surface area contributed by atoms with Crippen molar-refractivity contribution in [2.45, 2.75) is 0 Å². The first-order valence-electron chi connectivity index (χ1n) is 9.42. The first-order valence-corrected chi connectivity index (χ1v) is 9.42. The summed E-state index contributed by atoms with van der Waals surface area (Å²) < 4.78 is 0. The Hall–Kier alpha value is -2.44. The number of piperazine rings is 2. The maximum atomic E-state index is 4.38. The quantitative estimate of drug-likeness (QED) is 0.833. The fourth-order valence-corrected chi connectivity index (χ4v) is 3.42. The Kier molecular flexibility index (Phi) is 5.42. The van der Waals surface area contributed by atoms with Gasteiger partial charge in [0, 0.05) is 63.7 Å². The van der Waals surface area contributed by atoms with E-state index < -0.39 is 0 Å². The molecule has 2 aliphatic heterocycles. The molecule has 0 saturated carbocycles. The zero-order chi connectivity index (χ0) is 17.6. The minimum Gasteiger partial charge on any atom is -0.369 e. The van der Waals surface area contributed by atoms with Gasteiger partial charge >= 0.3 is 0 Å².